The summed E-state index contributed by atoms with van der Waals surface area (Å²) in [6.45, 7) is 3.22. The molecule has 0 saturated carbocycles. The SMILES string of the molecule is O=C(c1ccccc1)N1CCN(Cc2ccc([N+](=O)[O-])o2)CC1. The monoisotopic (exact) mass is 315 g/mol. The minimum absolute atomic E-state index is 0.0406. The first-order valence-electron chi connectivity index (χ1n) is 7.43. The topological polar surface area (TPSA) is 79.8 Å². The number of hydrogen-bond donors (Lipinski definition) is 0. The lowest BCUT2D eigenvalue weighted by Gasteiger charge is -2.34. The molecule has 7 heteroatoms. The molecule has 2 heterocycles. The van der Waals surface area contributed by atoms with Crippen molar-refractivity contribution in [2.45, 2.75) is 6.54 Å². The summed E-state index contributed by atoms with van der Waals surface area (Å²) in [5.74, 6) is 0.372. The highest BCUT2D eigenvalue weighted by Gasteiger charge is 2.23. The van der Waals surface area contributed by atoms with Gasteiger partial charge in [0.05, 0.1) is 12.6 Å². The summed E-state index contributed by atoms with van der Waals surface area (Å²) in [6.07, 6.45) is 0. The summed E-state index contributed by atoms with van der Waals surface area (Å²) in [6, 6.07) is 12.2. The van der Waals surface area contributed by atoms with Crippen LogP contribution >= 0.6 is 0 Å². The Balaban J connectivity index is 1.54. The smallest absolute Gasteiger partial charge is 0.404 e. The first kappa shape index (κ1) is 15.2. The number of nitrogens with zero attached hydrogens (tertiary/aromatic N) is 3. The van der Waals surface area contributed by atoms with E-state index in [0.29, 0.717) is 44.0 Å². The van der Waals surface area contributed by atoms with Crippen molar-refractivity contribution >= 4 is 11.8 Å². The van der Waals surface area contributed by atoms with Crippen LogP contribution in [0.5, 0.6) is 0 Å². The summed E-state index contributed by atoms with van der Waals surface area (Å²) in [5, 5.41) is 10.6. The fraction of sp³-hybridized carbons (Fsp3) is 0.312. The van der Waals surface area contributed by atoms with Crippen molar-refractivity contribution in [1.82, 2.24) is 9.80 Å². The molecule has 0 aliphatic carbocycles. The maximum Gasteiger partial charge on any atom is 0.433 e. The van der Waals surface area contributed by atoms with Gasteiger partial charge >= 0.3 is 5.88 Å². The Hall–Kier alpha value is -2.67. The summed E-state index contributed by atoms with van der Waals surface area (Å²) in [7, 11) is 0. The number of piperazine rings is 1. The number of amides is 1. The zero-order valence-corrected chi connectivity index (χ0v) is 12.6. The zero-order chi connectivity index (χ0) is 16.2. The Bertz CT molecular complexity index is 690. The van der Waals surface area contributed by atoms with Gasteiger partial charge < -0.3 is 9.32 Å². The van der Waals surface area contributed by atoms with Crippen LogP contribution in [0.4, 0.5) is 5.88 Å². The van der Waals surface area contributed by atoms with Gasteiger partial charge in [0.25, 0.3) is 5.91 Å². The number of benzene rings is 1. The van der Waals surface area contributed by atoms with Gasteiger partial charge in [-0.2, -0.15) is 0 Å². The lowest BCUT2D eigenvalue weighted by molar-refractivity contribution is -0.402. The van der Waals surface area contributed by atoms with Crippen molar-refractivity contribution in [3.05, 3.63) is 63.9 Å². The minimum Gasteiger partial charge on any atom is -0.404 e. The van der Waals surface area contributed by atoms with Crippen molar-refractivity contribution < 1.29 is 14.1 Å². The Labute approximate surface area is 133 Å². The third-order valence-corrected chi connectivity index (χ3v) is 3.89. The molecule has 3 rings (SSSR count). The molecular weight excluding hydrogens is 298 g/mol. The van der Waals surface area contributed by atoms with Crippen LogP contribution in [0.3, 0.4) is 0 Å². The largest absolute Gasteiger partial charge is 0.433 e. The molecule has 1 fully saturated rings. The van der Waals surface area contributed by atoms with E-state index in [9.17, 15) is 14.9 Å². The number of rotatable bonds is 4. The second-order valence-electron chi connectivity index (χ2n) is 5.43. The van der Waals surface area contributed by atoms with Crippen molar-refractivity contribution in [2.75, 3.05) is 26.2 Å². The van der Waals surface area contributed by atoms with Crippen molar-refractivity contribution in [3.8, 4) is 0 Å². The average Bonchev–Trinajstić information content (AvgIpc) is 3.04. The third kappa shape index (κ3) is 3.57. The molecule has 0 N–H and O–H groups in total. The maximum atomic E-state index is 12.4. The van der Waals surface area contributed by atoms with Crippen molar-refractivity contribution in [2.24, 2.45) is 0 Å². The average molecular weight is 315 g/mol. The van der Waals surface area contributed by atoms with Gasteiger partial charge in [0, 0.05) is 31.7 Å². The van der Waals surface area contributed by atoms with E-state index >= 15 is 0 Å². The molecule has 0 bridgehead atoms. The van der Waals surface area contributed by atoms with E-state index in [1.807, 2.05) is 35.2 Å². The summed E-state index contributed by atoms with van der Waals surface area (Å²) >= 11 is 0. The Kier molecular flexibility index (Phi) is 4.38. The second-order valence-corrected chi connectivity index (χ2v) is 5.43. The maximum absolute atomic E-state index is 12.4. The zero-order valence-electron chi connectivity index (χ0n) is 12.6. The van der Waals surface area contributed by atoms with Gasteiger partial charge in [-0.05, 0) is 18.2 Å². The third-order valence-electron chi connectivity index (χ3n) is 3.89. The Morgan fingerprint density at radius 3 is 2.39 bits per heavy atom. The summed E-state index contributed by atoms with van der Waals surface area (Å²) < 4.78 is 5.17. The molecule has 0 radical (unpaired) electrons. The second kappa shape index (κ2) is 6.62. The van der Waals surface area contributed by atoms with E-state index in [2.05, 4.69) is 4.90 Å². The molecule has 1 amide bonds. The van der Waals surface area contributed by atoms with Crippen LogP contribution in [0.25, 0.3) is 0 Å². The highest BCUT2D eigenvalue weighted by molar-refractivity contribution is 5.94. The fourth-order valence-electron chi connectivity index (χ4n) is 2.64. The molecule has 7 nitrogen and oxygen atoms in total. The van der Waals surface area contributed by atoms with Crippen LogP contribution < -0.4 is 0 Å². The van der Waals surface area contributed by atoms with Gasteiger partial charge in [-0.25, -0.2) is 0 Å². The molecule has 2 aromatic rings. The van der Waals surface area contributed by atoms with Gasteiger partial charge in [-0.1, -0.05) is 18.2 Å². The first-order chi connectivity index (χ1) is 11.1. The molecule has 1 aliphatic rings. The molecule has 0 atom stereocenters. The number of carbonyl (C=O) groups excluding carboxylic acids is 1. The van der Waals surface area contributed by atoms with Gasteiger partial charge in [0.15, 0.2) is 0 Å². The van der Waals surface area contributed by atoms with E-state index in [4.69, 9.17) is 4.42 Å². The number of nitro groups is 1. The van der Waals surface area contributed by atoms with E-state index in [1.54, 1.807) is 6.07 Å². The highest BCUT2D eigenvalue weighted by atomic mass is 16.6. The van der Waals surface area contributed by atoms with Crippen LogP contribution in [0, 0.1) is 10.1 Å². The van der Waals surface area contributed by atoms with Crippen molar-refractivity contribution in [3.63, 3.8) is 0 Å². The molecule has 120 valence electrons. The summed E-state index contributed by atoms with van der Waals surface area (Å²) in [5.41, 5.74) is 0.697. The fourth-order valence-corrected chi connectivity index (χ4v) is 2.64. The van der Waals surface area contributed by atoms with E-state index in [0.717, 1.165) is 0 Å². The number of hydrogen-bond acceptors (Lipinski definition) is 5. The Morgan fingerprint density at radius 2 is 1.78 bits per heavy atom. The van der Waals surface area contributed by atoms with Crippen LogP contribution in [-0.2, 0) is 6.54 Å². The lowest BCUT2D eigenvalue weighted by Crippen LogP contribution is -2.48. The quantitative estimate of drug-likeness (QED) is 0.638. The normalized spacial score (nSPS) is 15.6. The van der Waals surface area contributed by atoms with Crippen molar-refractivity contribution in [1.29, 1.82) is 0 Å². The lowest BCUT2D eigenvalue weighted by atomic mass is 10.2. The number of furan rings is 1. The molecular formula is C16H17N3O4. The minimum atomic E-state index is -0.542. The molecule has 0 unspecified atom stereocenters. The highest BCUT2D eigenvalue weighted by Crippen LogP contribution is 2.18. The first-order valence-corrected chi connectivity index (χ1v) is 7.43. The van der Waals surface area contributed by atoms with Gasteiger partial charge in [0.1, 0.15) is 10.7 Å². The van der Waals surface area contributed by atoms with E-state index < -0.39 is 4.92 Å². The molecule has 0 spiro atoms. The van der Waals surface area contributed by atoms with Crippen LogP contribution in [0.1, 0.15) is 16.1 Å². The van der Waals surface area contributed by atoms with Crippen LogP contribution in [-0.4, -0.2) is 46.8 Å². The molecule has 1 aliphatic heterocycles. The standard InChI is InChI=1S/C16H17N3O4/c20-16(13-4-2-1-3-5-13)18-10-8-17(9-11-18)12-14-6-7-15(23-14)19(21)22/h1-7H,8-12H2. The molecule has 1 saturated heterocycles. The molecule has 1 aromatic heterocycles. The van der Waals surface area contributed by atoms with Crippen LogP contribution in [0.2, 0.25) is 0 Å². The van der Waals surface area contributed by atoms with E-state index in [-0.39, 0.29) is 11.8 Å². The molecule has 23 heavy (non-hydrogen) atoms. The van der Waals surface area contributed by atoms with Crippen LogP contribution in [0.15, 0.2) is 46.9 Å². The van der Waals surface area contributed by atoms with Gasteiger partial charge in [-0.3, -0.25) is 19.8 Å². The predicted octanol–water partition coefficient (Wildman–Crippen LogP) is 2.15. The number of carbonyl (C=O) groups is 1. The van der Waals surface area contributed by atoms with Gasteiger partial charge in [-0.15, -0.1) is 0 Å². The van der Waals surface area contributed by atoms with Gasteiger partial charge in [0.2, 0.25) is 0 Å². The summed E-state index contributed by atoms with van der Waals surface area (Å²) in [4.78, 5) is 26.4. The predicted molar refractivity (Wildman–Crippen MR) is 83.0 cm³/mol. The molecule has 1 aromatic carbocycles. The van der Waals surface area contributed by atoms with E-state index in [1.165, 1.54) is 6.07 Å². The Morgan fingerprint density at radius 1 is 1.09 bits per heavy atom.